The molecule has 2 aliphatic rings. The van der Waals surface area contributed by atoms with Crippen LogP contribution in [-0.2, 0) is 0 Å². The van der Waals surface area contributed by atoms with Gasteiger partial charge in [0, 0.05) is 0 Å². The van der Waals surface area contributed by atoms with Gasteiger partial charge in [-0.05, 0) is 5.41 Å². The average Bonchev–Trinajstić information content (AvgIpc) is 2.61. The average molecular weight is 386 g/mol. The predicted octanol–water partition coefficient (Wildman–Crippen LogP) is -9.42. The summed E-state index contributed by atoms with van der Waals surface area (Å²) in [4.78, 5) is 0. The summed E-state index contributed by atoms with van der Waals surface area (Å²) in [5.41, 5.74) is 0.254. The monoisotopic (exact) mass is 388 g/mol. The lowest BCUT2D eigenvalue weighted by atomic mass is 8.91. The van der Waals surface area contributed by atoms with Gasteiger partial charge in [-0.1, -0.05) is 80.8 Å². The van der Waals surface area contributed by atoms with Gasteiger partial charge in [0.25, 0.3) is 0 Å². The van der Waals surface area contributed by atoms with E-state index in [-0.39, 0.29) is 47.4 Å². The summed E-state index contributed by atoms with van der Waals surface area (Å²) in [7, 11) is 39.6. The van der Waals surface area contributed by atoms with E-state index in [0.29, 0.717) is 11.6 Å². The molecule has 2 rings (SSSR count). The first-order valence-corrected chi connectivity index (χ1v) is 12.9. The van der Waals surface area contributed by atoms with Gasteiger partial charge in [-0.2, -0.15) is 0 Å². The van der Waals surface area contributed by atoms with Crippen molar-refractivity contribution in [3.8, 4) is 0 Å². The summed E-state index contributed by atoms with van der Waals surface area (Å²) in [5.74, 6) is 1.28. The van der Waals surface area contributed by atoms with Gasteiger partial charge in [-0.15, -0.1) is 0 Å². The summed E-state index contributed by atoms with van der Waals surface area (Å²) in [6.45, 7) is 7.50. The molecule has 2 saturated carbocycles. The van der Waals surface area contributed by atoms with Crippen molar-refractivity contribution in [2.75, 3.05) is 0 Å². The van der Waals surface area contributed by atoms with Gasteiger partial charge in [0.2, 0.25) is 0 Å². The normalized spacial score (nSPS) is 44.1. The second-order valence-corrected chi connectivity index (χ2v) is 15.6. The van der Waals surface area contributed by atoms with Gasteiger partial charge in [0.15, 0.2) is 0 Å². The SMILES string of the molecule is BC1C(B)(B)C2(B)C(B)(B)C(B)C(B)(B)C(B)(C1(B)B)C2(B)C(B)(B)C(C)(C)CC. The number of hydrogen-bond donors (Lipinski definition) is 0. The van der Waals surface area contributed by atoms with E-state index in [1.165, 1.54) is 6.42 Å². The summed E-state index contributed by atoms with van der Waals surface area (Å²) in [6.07, 6.45) is 1.22. The minimum atomic E-state index is 0.144. The molecular weight excluding hydrogens is 342 g/mol. The second kappa shape index (κ2) is 6.55. The quantitative estimate of drug-likeness (QED) is 0.424. The molecule has 0 heterocycles. The van der Waals surface area contributed by atoms with Crippen molar-refractivity contribution in [1.29, 1.82) is 0 Å². The first kappa shape index (κ1) is 27.2. The predicted molar refractivity (Wildman–Crippen MR) is 181 cm³/mol. The Hall–Kier alpha value is 0.974. The van der Waals surface area contributed by atoms with E-state index in [9.17, 15) is 0 Å². The highest BCUT2D eigenvalue weighted by Crippen LogP contribution is 3.02. The highest BCUT2D eigenvalue weighted by atomic mass is 14.8. The van der Waals surface area contributed by atoms with Crippen LogP contribution in [0.5, 0.6) is 0 Å². The molecule has 0 spiro atoms. The third-order valence-electron chi connectivity index (χ3n) is 15.3. The molecule has 0 radical (unpaired) electrons. The fourth-order valence-electron chi connectivity index (χ4n) is 10.6. The molecule has 0 amide bonds. The van der Waals surface area contributed by atoms with Gasteiger partial charge in [-0.25, -0.2) is 0 Å². The van der Waals surface area contributed by atoms with Crippen LogP contribution in [0.25, 0.3) is 0 Å². The lowest BCUT2D eigenvalue weighted by Crippen LogP contribution is -2.75. The molecule has 0 aromatic carbocycles. The van der Waals surface area contributed by atoms with Crippen LogP contribution < -0.4 is 0 Å². The fraction of sp³-hybridized carbons (Fsp3) is 1.00. The van der Waals surface area contributed by atoms with Crippen molar-refractivity contribution >= 4 is 118 Å². The maximum atomic E-state index is 2.75. The third kappa shape index (κ3) is 2.27. The highest BCUT2D eigenvalue weighted by molar-refractivity contribution is 6.68. The topological polar surface area (TPSA) is 0 Å². The van der Waals surface area contributed by atoms with E-state index < -0.39 is 0 Å². The van der Waals surface area contributed by atoms with Crippen molar-refractivity contribution in [3.05, 3.63) is 0 Å². The molecule has 0 aliphatic heterocycles. The molecule has 148 valence electrons. The largest absolute Gasteiger partial charge is 0.107 e. The lowest BCUT2D eigenvalue weighted by molar-refractivity contribution is 0.0427. The van der Waals surface area contributed by atoms with Gasteiger partial charge < -0.3 is 0 Å². The van der Waals surface area contributed by atoms with Gasteiger partial charge in [0.05, 0.1) is 78.5 Å². The van der Waals surface area contributed by atoms with Gasteiger partial charge in [-0.3, -0.25) is 0 Å². The molecule has 30 heavy (non-hydrogen) atoms. The number of rotatable bonds is 3. The van der Waals surface area contributed by atoms with Crippen LogP contribution in [0.3, 0.4) is 0 Å². The molecule has 0 N–H and O–H groups in total. The summed E-state index contributed by atoms with van der Waals surface area (Å²) in [5, 5.41) is 1.57. The Morgan fingerprint density at radius 3 is 1.03 bits per heavy atom. The fourth-order valence-corrected chi connectivity index (χ4v) is 10.6. The van der Waals surface area contributed by atoms with E-state index in [4.69, 9.17) is 0 Å². The van der Waals surface area contributed by atoms with Gasteiger partial charge in [0.1, 0.15) is 39.2 Å². The van der Waals surface area contributed by atoms with E-state index >= 15 is 0 Å². The third-order valence-corrected chi connectivity index (χ3v) is 15.3. The Morgan fingerprint density at radius 2 is 0.833 bits per heavy atom. The molecule has 2 fully saturated rings. The van der Waals surface area contributed by atoms with E-state index in [0.717, 1.165) is 0 Å². The van der Waals surface area contributed by atoms with Crippen LogP contribution in [0.1, 0.15) is 27.2 Å². The van der Waals surface area contributed by atoms with Crippen molar-refractivity contribution in [3.63, 3.8) is 0 Å². The zero-order valence-corrected chi connectivity index (χ0v) is 24.4. The minimum Gasteiger partial charge on any atom is -0.0918 e. The Balaban J connectivity index is 3.25. The standard InChI is InChI=1S/C15H43B15/c1-4-7(2,3)15(29,30)14(28)12(26)8(18,19)5(16)9(20,21)13(14,27)11(24,25)6(17)10(12,22)23/h5-6H,4,16-30H2,1-3H3. The maximum absolute atomic E-state index is 2.75. The smallest absolute Gasteiger partial charge is 0.0918 e. The summed E-state index contributed by atoms with van der Waals surface area (Å²) >= 11 is 0. The van der Waals surface area contributed by atoms with E-state index in [1.807, 2.05) is 0 Å². The van der Waals surface area contributed by atoms with Crippen LogP contribution >= 0.6 is 0 Å². The highest BCUT2D eigenvalue weighted by Gasteiger charge is 2.83. The molecule has 0 aromatic rings. The van der Waals surface area contributed by atoms with Crippen molar-refractivity contribution < 1.29 is 0 Å². The molecular formula is C15H43B15. The Morgan fingerprint density at radius 1 is 0.600 bits per heavy atom. The minimum absolute atomic E-state index is 0.144. The molecule has 0 nitrogen and oxygen atoms in total. The van der Waals surface area contributed by atoms with Crippen LogP contribution in [0.2, 0.25) is 53.6 Å². The van der Waals surface area contributed by atoms with Crippen LogP contribution in [0.4, 0.5) is 0 Å². The van der Waals surface area contributed by atoms with Gasteiger partial charge >= 0.3 is 0 Å². The Labute approximate surface area is 203 Å². The molecule has 2 aliphatic carbocycles. The van der Waals surface area contributed by atoms with Crippen LogP contribution in [0.15, 0.2) is 0 Å². The zero-order chi connectivity index (χ0) is 24.4. The maximum Gasteiger partial charge on any atom is 0.107 e. The first-order valence-electron chi connectivity index (χ1n) is 12.9. The molecule has 0 aromatic heterocycles. The number of hydrogen-bond acceptors (Lipinski definition) is 0. The van der Waals surface area contributed by atoms with Crippen molar-refractivity contribution in [2.45, 2.75) is 80.8 Å². The molecule has 0 unspecified atom stereocenters. The molecule has 2 bridgehead atoms. The lowest BCUT2D eigenvalue weighted by Gasteiger charge is -2.92. The van der Waals surface area contributed by atoms with Crippen molar-refractivity contribution in [2.24, 2.45) is 5.41 Å². The van der Waals surface area contributed by atoms with Crippen LogP contribution in [0, 0.1) is 5.41 Å². The zero-order valence-electron chi connectivity index (χ0n) is 24.4. The Kier molecular flexibility index (Phi) is 5.94. The van der Waals surface area contributed by atoms with Crippen LogP contribution in [-0.4, -0.2) is 118 Å². The summed E-state index contributed by atoms with van der Waals surface area (Å²) in [6, 6.07) is 0. The molecule has 0 atom stereocenters. The van der Waals surface area contributed by atoms with E-state index in [1.54, 1.807) is 0 Å². The number of fused-ring (bicyclic) bond motifs is 2. The van der Waals surface area contributed by atoms with E-state index in [2.05, 4.69) is 138 Å². The first-order chi connectivity index (χ1) is 12.9. The second-order valence-electron chi connectivity index (χ2n) is 15.6. The Bertz CT molecular complexity index is 648. The summed E-state index contributed by atoms with van der Waals surface area (Å²) < 4.78 is 0. The van der Waals surface area contributed by atoms with Crippen molar-refractivity contribution in [1.82, 2.24) is 0 Å². The molecule has 0 saturated heterocycles. The molecule has 15 heteroatoms.